The van der Waals surface area contributed by atoms with Gasteiger partial charge in [0.2, 0.25) is 27.7 Å². The second kappa shape index (κ2) is 7.63. The lowest BCUT2D eigenvalue weighted by Gasteiger charge is -2.43. The highest BCUT2D eigenvalue weighted by Crippen LogP contribution is 2.37. The van der Waals surface area contributed by atoms with Crippen LogP contribution in [0.4, 0.5) is 0 Å². The van der Waals surface area contributed by atoms with Crippen molar-refractivity contribution in [3.63, 3.8) is 0 Å². The number of rotatable bonds is 5. The van der Waals surface area contributed by atoms with E-state index < -0.39 is 10.0 Å². The molecular formula is C21H25N3O5S. The van der Waals surface area contributed by atoms with E-state index in [0.29, 0.717) is 18.4 Å². The second-order valence-corrected chi connectivity index (χ2v) is 9.98. The van der Waals surface area contributed by atoms with Gasteiger partial charge in [0.15, 0.2) is 0 Å². The molecule has 2 fully saturated rings. The molecule has 9 heteroatoms. The molecule has 3 amide bonds. The van der Waals surface area contributed by atoms with Gasteiger partial charge in [-0.05, 0) is 43.9 Å². The van der Waals surface area contributed by atoms with E-state index in [0.717, 1.165) is 5.56 Å². The van der Waals surface area contributed by atoms with Crippen LogP contribution in [0.5, 0.6) is 0 Å². The zero-order chi connectivity index (χ0) is 21.6. The van der Waals surface area contributed by atoms with Crippen molar-refractivity contribution in [3.8, 4) is 0 Å². The Hall–Kier alpha value is -2.52. The number of sulfonamides is 1. The molecule has 1 aliphatic carbocycles. The Kier molecular flexibility index (Phi) is 5.27. The third-order valence-electron chi connectivity index (χ3n) is 6.17. The first-order valence-corrected chi connectivity index (χ1v) is 11.5. The van der Waals surface area contributed by atoms with Gasteiger partial charge in [0.05, 0.1) is 29.3 Å². The quantitative estimate of drug-likeness (QED) is 0.547. The number of carbonyl (C=O) groups is 3. The Labute approximate surface area is 176 Å². The van der Waals surface area contributed by atoms with Gasteiger partial charge in [-0.1, -0.05) is 24.3 Å². The number of fused-ring (bicyclic) bond motifs is 1. The number of likely N-dealkylation sites (tertiary alicyclic amines) is 2. The lowest BCUT2D eigenvalue weighted by atomic mass is 9.85. The number of aryl methyl sites for hydroxylation is 2. The number of nitrogens with one attached hydrogen (secondary N) is 1. The fourth-order valence-corrected chi connectivity index (χ4v) is 5.65. The first-order chi connectivity index (χ1) is 14.2. The molecular weight excluding hydrogens is 406 g/mol. The fourth-order valence-electron chi connectivity index (χ4n) is 4.35. The molecule has 0 aromatic heterocycles. The maximum Gasteiger partial charge on any atom is 0.241 e. The average molecular weight is 432 g/mol. The fraction of sp³-hybridized carbons (Fsp3) is 0.476. The van der Waals surface area contributed by atoms with Crippen LogP contribution in [0.1, 0.15) is 24.0 Å². The topological polar surface area (TPSA) is 104 Å². The number of benzene rings is 1. The molecule has 8 nitrogen and oxygen atoms in total. The number of hydrogen-bond acceptors (Lipinski definition) is 5. The molecule has 30 heavy (non-hydrogen) atoms. The smallest absolute Gasteiger partial charge is 0.241 e. The summed E-state index contributed by atoms with van der Waals surface area (Å²) in [7, 11) is -3.81. The van der Waals surface area contributed by atoms with Gasteiger partial charge >= 0.3 is 0 Å². The van der Waals surface area contributed by atoms with Crippen LogP contribution in [0.3, 0.4) is 0 Å². The lowest BCUT2D eigenvalue weighted by molar-refractivity contribution is -0.152. The summed E-state index contributed by atoms with van der Waals surface area (Å²) in [5, 5.41) is 0. The van der Waals surface area contributed by atoms with Gasteiger partial charge in [0.25, 0.3) is 0 Å². The molecule has 2 atom stereocenters. The number of hydrogen-bond donors (Lipinski definition) is 1. The first-order valence-electron chi connectivity index (χ1n) is 10.1. The summed E-state index contributed by atoms with van der Waals surface area (Å²) in [6, 6.07) is 4.80. The van der Waals surface area contributed by atoms with Gasteiger partial charge < -0.3 is 4.90 Å². The Morgan fingerprint density at radius 2 is 1.67 bits per heavy atom. The number of imide groups is 1. The summed E-state index contributed by atoms with van der Waals surface area (Å²) >= 11 is 0. The molecule has 4 rings (SSSR count). The van der Waals surface area contributed by atoms with Gasteiger partial charge in [-0.2, -0.15) is 0 Å². The van der Waals surface area contributed by atoms with E-state index in [9.17, 15) is 22.8 Å². The van der Waals surface area contributed by atoms with Crippen molar-refractivity contribution in [3.05, 3.63) is 41.5 Å². The average Bonchev–Trinajstić information content (AvgIpc) is 2.93. The van der Waals surface area contributed by atoms with Crippen LogP contribution in [-0.4, -0.2) is 61.6 Å². The molecule has 1 N–H and O–H groups in total. The van der Waals surface area contributed by atoms with Crippen LogP contribution in [0.2, 0.25) is 0 Å². The molecule has 1 aromatic carbocycles. The minimum Gasteiger partial charge on any atom is -0.337 e. The molecule has 2 saturated heterocycles. The summed E-state index contributed by atoms with van der Waals surface area (Å²) in [6.45, 7) is 3.63. The summed E-state index contributed by atoms with van der Waals surface area (Å²) in [5.74, 6) is -1.24. The monoisotopic (exact) mass is 431 g/mol. The van der Waals surface area contributed by atoms with E-state index in [4.69, 9.17) is 0 Å². The Balaban J connectivity index is 1.33. The van der Waals surface area contributed by atoms with Crippen molar-refractivity contribution in [2.75, 3.05) is 19.6 Å². The normalized spacial score (nSPS) is 24.2. The summed E-state index contributed by atoms with van der Waals surface area (Å²) < 4.78 is 27.5. The van der Waals surface area contributed by atoms with E-state index in [1.54, 1.807) is 26.0 Å². The molecule has 160 valence electrons. The molecule has 3 aliphatic rings. The van der Waals surface area contributed by atoms with Crippen LogP contribution in [0.25, 0.3) is 0 Å². The van der Waals surface area contributed by atoms with Gasteiger partial charge in [0, 0.05) is 13.1 Å². The van der Waals surface area contributed by atoms with Crippen LogP contribution >= 0.6 is 0 Å². The zero-order valence-corrected chi connectivity index (χ0v) is 17.8. The number of nitrogens with zero attached hydrogens (tertiary/aromatic N) is 2. The van der Waals surface area contributed by atoms with E-state index in [1.807, 2.05) is 18.2 Å². The van der Waals surface area contributed by atoms with Crippen LogP contribution in [0.15, 0.2) is 35.2 Å². The molecule has 2 heterocycles. The summed E-state index contributed by atoms with van der Waals surface area (Å²) in [6.07, 6.45) is 5.05. The van der Waals surface area contributed by atoms with E-state index in [2.05, 4.69) is 4.72 Å². The second-order valence-electron chi connectivity index (χ2n) is 8.25. The predicted octanol–water partition coefficient (Wildman–Crippen LogP) is 0.744. The van der Waals surface area contributed by atoms with Crippen molar-refractivity contribution >= 4 is 27.7 Å². The molecule has 1 aromatic rings. The Morgan fingerprint density at radius 1 is 1.07 bits per heavy atom. The number of amides is 3. The highest BCUT2D eigenvalue weighted by atomic mass is 32.2. The third kappa shape index (κ3) is 3.56. The molecule has 0 bridgehead atoms. The Bertz CT molecular complexity index is 1020. The highest BCUT2D eigenvalue weighted by molar-refractivity contribution is 7.89. The van der Waals surface area contributed by atoms with E-state index in [-0.39, 0.29) is 60.1 Å². The molecule has 0 saturated carbocycles. The minimum atomic E-state index is -3.81. The van der Waals surface area contributed by atoms with Crippen molar-refractivity contribution in [1.82, 2.24) is 14.5 Å². The summed E-state index contributed by atoms with van der Waals surface area (Å²) in [4.78, 5) is 40.6. The van der Waals surface area contributed by atoms with E-state index in [1.165, 1.54) is 9.80 Å². The van der Waals surface area contributed by atoms with Crippen molar-refractivity contribution in [2.24, 2.45) is 11.8 Å². The number of allylic oxidation sites excluding steroid dienone is 2. The van der Waals surface area contributed by atoms with Crippen LogP contribution < -0.4 is 4.72 Å². The van der Waals surface area contributed by atoms with Crippen molar-refractivity contribution < 1.29 is 22.8 Å². The third-order valence-corrected chi connectivity index (χ3v) is 7.71. The van der Waals surface area contributed by atoms with Crippen molar-refractivity contribution in [1.29, 1.82) is 0 Å². The standard InChI is InChI=1S/C21H25N3O5S/c1-13-7-8-14(2)18(9-13)30(28,29)22-10-19(25)23-11-15(12-23)24-20(26)16-5-3-4-6-17(16)21(24)27/h3-4,7-9,15-17,22H,5-6,10-12H2,1-2H3. The largest absolute Gasteiger partial charge is 0.337 e. The number of carbonyl (C=O) groups excluding carboxylic acids is 3. The van der Waals surface area contributed by atoms with Crippen LogP contribution in [0, 0.1) is 25.7 Å². The lowest BCUT2D eigenvalue weighted by Crippen LogP contribution is -2.63. The SMILES string of the molecule is Cc1ccc(C)c(S(=O)(=O)NCC(=O)N2CC(N3C(=O)C4CC=CCC4C3=O)C2)c1. The van der Waals surface area contributed by atoms with Gasteiger partial charge in [-0.3, -0.25) is 19.3 Å². The van der Waals surface area contributed by atoms with Gasteiger partial charge in [-0.25, -0.2) is 13.1 Å². The zero-order valence-electron chi connectivity index (χ0n) is 17.0. The highest BCUT2D eigenvalue weighted by Gasteiger charge is 2.52. The molecule has 2 aliphatic heterocycles. The van der Waals surface area contributed by atoms with Gasteiger partial charge in [0.1, 0.15) is 0 Å². The maximum atomic E-state index is 12.6. The van der Waals surface area contributed by atoms with Crippen LogP contribution in [-0.2, 0) is 24.4 Å². The van der Waals surface area contributed by atoms with Gasteiger partial charge in [-0.15, -0.1) is 0 Å². The Morgan fingerprint density at radius 3 is 2.27 bits per heavy atom. The molecule has 0 spiro atoms. The predicted molar refractivity (Wildman–Crippen MR) is 109 cm³/mol. The maximum absolute atomic E-state index is 12.6. The first kappa shape index (κ1) is 20.7. The van der Waals surface area contributed by atoms with E-state index >= 15 is 0 Å². The van der Waals surface area contributed by atoms with Crippen molar-refractivity contribution in [2.45, 2.75) is 37.6 Å². The minimum absolute atomic E-state index is 0.151. The summed E-state index contributed by atoms with van der Waals surface area (Å²) in [5.41, 5.74) is 1.42. The molecule has 0 radical (unpaired) electrons. The molecule has 2 unspecified atom stereocenters.